The van der Waals surface area contributed by atoms with E-state index in [1.807, 2.05) is 0 Å². The molecule has 0 unspecified atom stereocenters. The Hall–Kier alpha value is -2.71. The fraction of sp³-hybridized carbons (Fsp3) is 0.500. The SMILES string of the molecule is O=C(CCN1CCC(=O)NC1=O)NCCCn1ncccc1=O. The summed E-state index contributed by atoms with van der Waals surface area (Å²) in [4.78, 5) is 47.1. The van der Waals surface area contributed by atoms with Crippen LogP contribution in [0.3, 0.4) is 0 Å². The van der Waals surface area contributed by atoms with E-state index in [0.29, 0.717) is 26.1 Å². The number of aryl methyl sites for hydroxylation is 1. The second-order valence-corrected chi connectivity index (χ2v) is 5.13. The molecular formula is C14H19N5O4. The highest BCUT2D eigenvalue weighted by Gasteiger charge is 2.22. The third kappa shape index (κ3) is 5.20. The van der Waals surface area contributed by atoms with Crippen LogP contribution in [-0.2, 0) is 16.1 Å². The third-order valence-electron chi connectivity index (χ3n) is 3.41. The van der Waals surface area contributed by atoms with Gasteiger partial charge in [0.25, 0.3) is 5.56 Å². The van der Waals surface area contributed by atoms with Gasteiger partial charge in [0.1, 0.15) is 0 Å². The van der Waals surface area contributed by atoms with Crippen molar-refractivity contribution in [2.24, 2.45) is 0 Å². The van der Waals surface area contributed by atoms with Crippen LogP contribution in [0.1, 0.15) is 19.3 Å². The minimum atomic E-state index is -0.455. The number of urea groups is 1. The molecule has 1 aliphatic heterocycles. The van der Waals surface area contributed by atoms with Crippen LogP contribution in [-0.4, -0.2) is 52.2 Å². The van der Waals surface area contributed by atoms with Crippen molar-refractivity contribution in [3.63, 3.8) is 0 Å². The Morgan fingerprint density at radius 2 is 2.13 bits per heavy atom. The Balaban J connectivity index is 1.62. The molecule has 2 rings (SSSR count). The summed E-state index contributed by atoms with van der Waals surface area (Å²) in [7, 11) is 0. The smallest absolute Gasteiger partial charge is 0.324 e. The third-order valence-corrected chi connectivity index (χ3v) is 3.41. The zero-order valence-electron chi connectivity index (χ0n) is 12.7. The van der Waals surface area contributed by atoms with E-state index in [1.54, 1.807) is 6.07 Å². The first kappa shape index (κ1) is 16.7. The molecule has 23 heavy (non-hydrogen) atoms. The van der Waals surface area contributed by atoms with Crippen molar-refractivity contribution in [2.45, 2.75) is 25.8 Å². The Kier molecular flexibility index (Phi) is 5.84. The van der Waals surface area contributed by atoms with E-state index < -0.39 is 6.03 Å². The summed E-state index contributed by atoms with van der Waals surface area (Å²) in [6.07, 6.45) is 2.55. The predicted octanol–water partition coefficient (Wildman–Crippen LogP) is -0.918. The lowest BCUT2D eigenvalue weighted by Crippen LogP contribution is -2.50. The number of hydrogen-bond acceptors (Lipinski definition) is 5. The zero-order valence-corrected chi connectivity index (χ0v) is 12.7. The van der Waals surface area contributed by atoms with Crippen molar-refractivity contribution in [1.82, 2.24) is 25.3 Å². The molecule has 2 N–H and O–H groups in total. The summed E-state index contributed by atoms with van der Waals surface area (Å²) in [5.41, 5.74) is -0.176. The van der Waals surface area contributed by atoms with Crippen LogP contribution >= 0.6 is 0 Å². The van der Waals surface area contributed by atoms with Gasteiger partial charge in [0.2, 0.25) is 11.8 Å². The molecule has 0 spiro atoms. The fourth-order valence-corrected chi connectivity index (χ4v) is 2.15. The standard InChI is InChI=1S/C14H19N5O4/c20-11(4-9-18-10-5-12(21)17-14(18)23)15-6-2-8-19-13(22)3-1-7-16-19/h1,3,7H,2,4-6,8-10H2,(H,15,20)(H,17,21,23). The van der Waals surface area contributed by atoms with Gasteiger partial charge in [-0.25, -0.2) is 9.48 Å². The highest BCUT2D eigenvalue weighted by Crippen LogP contribution is 2.01. The monoisotopic (exact) mass is 321 g/mol. The first-order chi connectivity index (χ1) is 11.1. The van der Waals surface area contributed by atoms with Crippen molar-refractivity contribution in [3.8, 4) is 0 Å². The number of nitrogens with one attached hydrogen (secondary N) is 2. The molecule has 124 valence electrons. The second kappa shape index (κ2) is 8.06. The molecule has 0 bridgehead atoms. The van der Waals surface area contributed by atoms with Gasteiger partial charge in [-0.1, -0.05) is 0 Å². The summed E-state index contributed by atoms with van der Waals surface area (Å²) >= 11 is 0. The summed E-state index contributed by atoms with van der Waals surface area (Å²) in [6.45, 7) is 1.45. The molecule has 1 fully saturated rings. The first-order valence-corrected chi connectivity index (χ1v) is 7.44. The maximum absolute atomic E-state index is 11.7. The largest absolute Gasteiger partial charge is 0.356 e. The van der Waals surface area contributed by atoms with Gasteiger partial charge in [0, 0.05) is 51.3 Å². The van der Waals surface area contributed by atoms with Crippen molar-refractivity contribution < 1.29 is 14.4 Å². The normalized spacial score (nSPS) is 14.5. The van der Waals surface area contributed by atoms with Crippen LogP contribution < -0.4 is 16.2 Å². The molecule has 0 aliphatic carbocycles. The fourth-order valence-electron chi connectivity index (χ4n) is 2.15. The van der Waals surface area contributed by atoms with Crippen molar-refractivity contribution in [1.29, 1.82) is 0 Å². The van der Waals surface area contributed by atoms with E-state index >= 15 is 0 Å². The molecule has 0 aromatic carbocycles. The quantitative estimate of drug-likeness (QED) is 0.631. The van der Waals surface area contributed by atoms with Crippen molar-refractivity contribution >= 4 is 17.8 Å². The average molecular weight is 321 g/mol. The van der Waals surface area contributed by atoms with Gasteiger partial charge in [-0.3, -0.25) is 19.7 Å². The van der Waals surface area contributed by atoms with E-state index in [0.717, 1.165) is 0 Å². The minimum absolute atomic E-state index is 0.172. The number of rotatable bonds is 7. The summed E-state index contributed by atoms with van der Waals surface area (Å²) in [6, 6.07) is 2.55. The maximum Gasteiger partial charge on any atom is 0.324 e. The molecule has 9 heteroatoms. The first-order valence-electron chi connectivity index (χ1n) is 7.44. The Bertz CT molecular complexity index is 642. The maximum atomic E-state index is 11.7. The number of imide groups is 1. The molecule has 0 saturated carbocycles. The lowest BCUT2D eigenvalue weighted by atomic mass is 10.3. The van der Waals surface area contributed by atoms with Crippen LogP contribution in [0.2, 0.25) is 0 Å². The molecule has 0 radical (unpaired) electrons. The van der Waals surface area contributed by atoms with E-state index in [-0.39, 0.29) is 36.8 Å². The lowest BCUT2D eigenvalue weighted by Gasteiger charge is -2.26. The zero-order chi connectivity index (χ0) is 16.7. The Morgan fingerprint density at radius 1 is 1.30 bits per heavy atom. The molecule has 0 atom stereocenters. The molecule has 4 amide bonds. The van der Waals surface area contributed by atoms with Gasteiger partial charge >= 0.3 is 6.03 Å². The number of aromatic nitrogens is 2. The number of carbonyl (C=O) groups is 3. The van der Waals surface area contributed by atoms with Crippen molar-refractivity contribution in [3.05, 3.63) is 28.7 Å². The molecule has 9 nitrogen and oxygen atoms in total. The van der Waals surface area contributed by atoms with Gasteiger partial charge in [-0.2, -0.15) is 5.10 Å². The van der Waals surface area contributed by atoms with Crippen LogP contribution in [0.15, 0.2) is 23.1 Å². The van der Waals surface area contributed by atoms with Crippen LogP contribution in [0, 0.1) is 0 Å². The van der Waals surface area contributed by atoms with Crippen molar-refractivity contribution in [2.75, 3.05) is 19.6 Å². The van der Waals surface area contributed by atoms with E-state index in [4.69, 9.17) is 0 Å². The van der Waals surface area contributed by atoms with Crippen LogP contribution in [0.25, 0.3) is 0 Å². The van der Waals surface area contributed by atoms with Gasteiger partial charge in [0.05, 0.1) is 0 Å². The summed E-state index contributed by atoms with van der Waals surface area (Å²) in [5, 5.41) is 8.85. The van der Waals surface area contributed by atoms with Crippen LogP contribution in [0.5, 0.6) is 0 Å². The van der Waals surface area contributed by atoms with E-state index in [2.05, 4.69) is 15.7 Å². The molecule has 2 heterocycles. The van der Waals surface area contributed by atoms with E-state index in [9.17, 15) is 19.2 Å². The number of carbonyl (C=O) groups excluding carboxylic acids is 3. The van der Waals surface area contributed by atoms with Gasteiger partial charge in [-0.15, -0.1) is 0 Å². The molecule has 1 saturated heterocycles. The number of amides is 4. The predicted molar refractivity (Wildman–Crippen MR) is 80.5 cm³/mol. The summed E-state index contributed by atoms with van der Waals surface area (Å²) < 4.78 is 1.33. The highest BCUT2D eigenvalue weighted by molar-refractivity contribution is 5.96. The van der Waals surface area contributed by atoms with Gasteiger partial charge in [0.15, 0.2) is 0 Å². The number of hydrogen-bond donors (Lipinski definition) is 2. The van der Waals surface area contributed by atoms with E-state index in [1.165, 1.54) is 21.8 Å². The molecule has 1 aromatic heterocycles. The summed E-state index contributed by atoms with van der Waals surface area (Å²) in [5.74, 6) is -0.469. The second-order valence-electron chi connectivity index (χ2n) is 5.13. The van der Waals surface area contributed by atoms with Gasteiger partial charge in [-0.05, 0) is 12.5 Å². The Morgan fingerprint density at radius 3 is 2.87 bits per heavy atom. The minimum Gasteiger partial charge on any atom is -0.356 e. The van der Waals surface area contributed by atoms with Crippen LogP contribution in [0.4, 0.5) is 4.79 Å². The molecule has 1 aromatic rings. The average Bonchev–Trinajstić information content (AvgIpc) is 2.52. The lowest BCUT2D eigenvalue weighted by molar-refractivity contribution is -0.121. The van der Waals surface area contributed by atoms with Gasteiger partial charge < -0.3 is 10.2 Å². The number of nitrogens with zero attached hydrogens (tertiary/aromatic N) is 3. The highest BCUT2D eigenvalue weighted by atomic mass is 16.2. The molecular weight excluding hydrogens is 302 g/mol. The topological polar surface area (TPSA) is 113 Å². The molecule has 1 aliphatic rings. The Labute approximate surface area is 132 Å².